The minimum Gasteiger partial charge on any atom is -1.00 e. The van der Waals surface area contributed by atoms with Gasteiger partial charge in [-0.2, -0.15) is 0 Å². The number of nitrogens with one attached hydrogen (secondary N) is 2. The number of aromatic nitrogens is 1. The fourth-order valence-corrected chi connectivity index (χ4v) is 1.93. The molecule has 1 aromatic heterocycles. The van der Waals surface area contributed by atoms with Crippen LogP contribution in [0.1, 0.15) is 10.6 Å². The fraction of sp³-hybridized carbons (Fsp3) is 0.500. The lowest BCUT2D eigenvalue weighted by molar-refractivity contribution is -0.383. The molecule has 0 saturated heterocycles. The van der Waals surface area contributed by atoms with Crippen molar-refractivity contribution in [3.8, 4) is 0 Å². The second kappa shape index (κ2) is 3.64. The summed E-state index contributed by atoms with van der Waals surface area (Å²) in [6, 6.07) is 0. The Morgan fingerprint density at radius 1 is 1.60 bits per heavy atom. The smallest absolute Gasteiger partial charge is 0.223 e. The normalized spacial score (nSPS) is 15.6. The van der Waals surface area contributed by atoms with Gasteiger partial charge in [-0.1, -0.05) is 11.3 Å². The first kappa shape index (κ1) is 8.42. The monoisotopic (exact) mass is 268 g/mol. The summed E-state index contributed by atoms with van der Waals surface area (Å²) in [5.41, 5.74) is 3.48. The van der Waals surface area contributed by atoms with E-state index in [0.717, 1.165) is 13.1 Å². The number of thiazole rings is 1. The van der Waals surface area contributed by atoms with Crippen LogP contribution in [0.5, 0.6) is 0 Å². The molecule has 10 heavy (non-hydrogen) atoms. The van der Waals surface area contributed by atoms with Gasteiger partial charge >= 0.3 is 0 Å². The lowest BCUT2D eigenvalue weighted by atomic mass is 10.2. The van der Waals surface area contributed by atoms with Crippen LogP contribution in [0.2, 0.25) is 0 Å². The van der Waals surface area contributed by atoms with Crippen molar-refractivity contribution in [2.45, 2.75) is 13.0 Å². The average Bonchev–Trinajstić information content (AvgIpc) is 2.33. The summed E-state index contributed by atoms with van der Waals surface area (Å²) in [5.74, 6) is 0. The molecule has 1 aromatic rings. The predicted molar refractivity (Wildman–Crippen MR) is 36.3 cm³/mol. The van der Waals surface area contributed by atoms with Gasteiger partial charge in [0.05, 0.1) is 4.88 Å². The van der Waals surface area contributed by atoms with E-state index in [-0.39, 0.29) is 24.0 Å². The Labute approximate surface area is 81.1 Å². The van der Waals surface area contributed by atoms with Crippen LogP contribution in [0.3, 0.4) is 0 Å². The third-order valence-electron chi connectivity index (χ3n) is 1.61. The molecule has 1 aliphatic heterocycles. The van der Waals surface area contributed by atoms with Crippen molar-refractivity contribution in [3.63, 3.8) is 0 Å². The summed E-state index contributed by atoms with van der Waals surface area (Å²) in [6.45, 7) is 2.18. The Bertz CT molecular complexity index is 191. The zero-order chi connectivity index (χ0) is 6.10. The van der Waals surface area contributed by atoms with E-state index >= 15 is 0 Å². The standard InChI is InChI=1S/C6H8N2S.HI/c1-2-7-3-6-5(1)8-4-9-6;/h4,7H,1-3H2;1H. The van der Waals surface area contributed by atoms with E-state index < -0.39 is 0 Å². The van der Waals surface area contributed by atoms with Crippen LogP contribution in [0, 0.1) is 0 Å². The molecule has 0 saturated carbocycles. The Morgan fingerprint density at radius 2 is 2.50 bits per heavy atom. The minimum absolute atomic E-state index is 0. The summed E-state index contributed by atoms with van der Waals surface area (Å²) in [6.07, 6.45) is 1.17. The lowest BCUT2D eigenvalue weighted by Gasteiger charge is -2.05. The molecule has 0 spiro atoms. The number of hydrogen-bond acceptors (Lipinski definition) is 2. The molecule has 0 amide bonds. The van der Waals surface area contributed by atoms with Gasteiger partial charge in [-0.25, -0.2) is 4.98 Å². The summed E-state index contributed by atoms with van der Waals surface area (Å²) < 4.78 is 0. The van der Waals surface area contributed by atoms with E-state index in [1.165, 1.54) is 17.0 Å². The molecule has 2 N–H and O–H groups in total. The van der Waals surface area contributed by atoms with Crippen LogP contribution in [0.4, 0.5) is 0 Å². The molecule has 2 nitrogen and oxygen atoms in total. The molecule has 0 aromatic carbocycles. The van der Waals surface area contributed by atoms with E-state index in [1.54, 1.807) is 0 Å². The van der Waals surface area contributed by atoms with Crippen LogP contribution in [-0.2, 0) is 13.0 Å². The van der Waals surface area contributed by atoms with Crippen LogP contribution < -0.4 is 34.3 Å². The lowest BCUT2D eigenvalue weighted by Crippen LogP contribution is -3.00. The summed E-state index contributed by atoms with van der Waals surface area (Å²) in [7, 11) is 0. The zero-order valence-electron chi connectivity index (χ0n) is 5.48. The van der Waals surface area contributed by atoms with Crippen molar-refractivity contribution in [3.05, 3.63) is 16.1 Å². The van der Waals surface area contributed by atoms with Crippen LogP contribution in [0.25, 0.3) is 0 Å². The quantitative estimate of drug-likeness (QED) is 0.506. The number of aromatic amines is 1. The molecule has 0 atom stereocenters. The number of H-pyrrole nitrogens is 1. The molecule has 0 fully saturated rings. The highest BCUT2D eigenvalue weighted by atomic mass is 127. The molecule has 56 valence electrons. The van der Waals surface area contributed by atoms with Crippen molar-refractivity contribution < 1.29 is 29.0 Å². The van der Waals surface area contributed by atoms with E-state index in [4.69, 9.17) is 0 Å². The molecule has 0 bridgehead atoms. The first-order chi connectivity index (χ1) is 4.47. The largest absolute Gasteiger partial charge is 1.00 e. The van der Waals surface area contributed by atoms with Crippen LogP contribution in [0.15, 0.2) is 5.51 Å². The van der Waals surface area contributed by atoms with Crippen LogP contribution >= 0.6 is 11.3 Å². The highest BCUT2D eigenvalue weighted by molar-refractivity contribution is 7.09. The van der Waals surface area contributed by atoms with Crippen molar-refractivity contribution in [2.75, 3.05) is 6.54 Å². The zero-order valence-corrected chi connectivity index (χ0v) is 8.46. The van der Waals surface area contributed by atoms with Crippen molar-refractivity contribution in [1.29, 1.82) is 0 Å². The highest BCUT2D eigenvalue weighted by Crippen LogP contribution is 2.12. The van der Waals surface area contributed by atoms with Gasteiger partial charge in [0.15, 0.2) is 5.69 Å². The van der Waals surface area contributed by atoms with E-state index in [9.17, 15) is 0 Å². The fourth-order valence-electron chi connectivity index (χ4n) is 1.10. The summed E-state index contributed by atoms with van der Waals surface area (Å²) in [5, 5.41) is 3.32. The Balaban J connectivity index is 0.000000500. The average molecular weight is 268 g/mol. The second-order valence-electron chi connectivity index (χ2n) is 2.21. The first-order valence-corrected chi connectivity index (χ1v) is 4.02. The molecule has 1 aliphatic rings. The maximum Gasteiger partial charge on any atom is 0.223 e. The number of halogens is 1. The second-order valence-corrected chi connectivity index (χ2v) is 3.17. The molecule has 0 aliphatic carbocycles. The number of hydrogen-bond donors (Lipinski definition) is 1. The third kappa shape index (κ3) is 1.49. The van der Waals surface area contributed by atoms with Crippen molar-refractivity contribution in [2.24, 2.45) is 0 Å². The molecular formula is C6H9IN2S. The van der Waals surface area contributed by atoms with E-state index in [0.29, 0.717) is 0 Å². The number of rotatable bonds is 0. The predicted octanol–water partition coefficient (Wildman–Crippen LogP) is -2.79. The van der Waals surface area contributed by atoms with Crippen molar-refractivity contribution in [1.82, 2.24) is 5.32 Å². The summed E-state index contributed by atoms with van der Waals surface area (Å²) >= 11 is 1.81. The molecule has 2 heterocycles. The molecule has 4 heteroatoms. The van der Waals surface area contributed by atoms with E-state index in [1.807, 2.05) is 11.3 Å². The topological polar surface area (TPSA) is 26.2 Å². The van der Waals surface area contributed by atoms with Gasteiger partial charge in [-0.3, -0.25) is 0 Å². The van der Waals surface area contributed by atoms with Gasteiger partial charge in [0, 0.05) is 19.5 Å². The minimum atomic E-state index is 0. The maximum atomic E-state index is 3.32. The molecule has 0 radical (unpaired) electrons. The van der Waals surface area contributed by atoms with Gasteiger partial charge in [0.2, 0.25) is 5.51 Å². The van der Waals surface area contributed by atoms with Gasteiger partial charge in [0.1, 0.15) is 0 Å². The van der Waals surface area contributed by atoms with Crippen molar-refractivity contribution >= 4 is 11.3 Å². The van der Waals surface area contributed by atoms with Gasteiger partial charge in [0.25, 0.3) is 0 Å². The van der Waals surface area contributed by atoms with Gasteiger partial charge in [-0.05, 0) is 0 Å². The Morgan fingerprint density at radius 3 is 3.30 bits per heavy atom. The SMILES string of the molecule is [I-].c1[nH+]c2c(s1)CNCC2. The van der Waals surface area contributed by atoms with Gasteiger partial charge in [-0.15, -0.1) is 0 Å². The van der Waals surface area contributed by atoms with E-state index in [2.05, 4.69) is 15.8 Å². The number of fused-ring (bicyclic) bond motifs is 1. The highest BCUT2D eigenvalue weighted by Gasteiger charge is 2.15. The summed E-state index contributed by atoms with van der Waals surface area (Å²) in [4.78, 5) is 4.71. The maximum absolute atomic E-state index is 3.32. The molecule has 2 rings (SSSR count). The molecular weight excluding hydrogens is 259 g/mol. The molecule has 0 unspecified atom stereocenters. The third-order valence-corrected chi connectivity index (χ3v) is 2.52. The Hall–Kier alpha value is 0.320. The van der Waals surface area contributed by atoms with Crippen LogP contribution in [-0.4, -0.2) is 6.54 Å². The first-order valence-electron chi connectivity index (χ1n) is 3.14. The van der Waals surface area contributed by atoms with Gasteiger partial charge < -0.3 is 29.3 Å². The Kier molecular flexibility index (Phi) is 3.06.